The van der Waals surface area contributed by atoms with Crippen LogP contribution in [0.1, 0.15) is 12.8 Å². The molecule has 1 aromatic rings. The molecule has 0 aliphatic heterocycles. The highest BCUT2D eigenvalue weighted by Crippen LogP contribution is 2.17. The smallest absolute Gasteiger partial charge is 0.332 e. The van der Waals surface area contributed by atoms with Gasteiger partial charge < -0.3 is 15.5 Å². The molecule has 0 saturated heterocycles. The Bertz CT molecular complexity index is 410. The fourth-order valence-corrected chi connectivity index (χ4v) is 2.21. The van der Waals surface area contributed by atoms with E-state index in [1.807, 2.05) is 30.3 Å². The van der Waals surface area contributed by atoms with Crippen molar-refractivity contribution >= 4 is 23.6 Å². The van der Waals surface area contributed by atoms with Crippen molar-refractivity contribution in [3.8, 4) is 0 Å². The SMILES string of the molecule is O=C(CCSc1ccccc1)NCCC(O)C(=O)O. The van der Waals surface area contributed by atoms with Gasteiger partial charge >= 0.3 is 5.97 Å². The maximum absolute atomic E-state index is 11.4. The normalized spacial score (nSPS) is 11.8. The lowest BCUT2D eigenvalue weighted by atomic mass is 10.2. The first-order chi connectivity index (χ1) is 9.09. The third-order valence-corrected chi connectivity index (χ3v) is 3.38. The molecule has 5 nitrogen and oxygen atoms in total. The average Bonchev–Trinajstić information content (AvgIpc) is 2.39. The van der Waals surface area contributed by atoms with Crippen LogP contribution in [0.25, 0.3) is 0 Å². The van der Waals surface area contributed by atoms with Crippen molar-refractivity contribution in [3.63, 3.8) is 0 Å². The van der Waals surface area contributed by atoms with Gasteiger partial charge in [0.25, 0.3) is 0 Å². The van der Waals surface area contributed by atoms with Gasteiger partial charge in [-0.05, 0) is 12.1 Å². The third-order valence-electron chi connectivity index (χ3n) is 2.37. The molecule has 0 bridgehead atoms. The van der Waals surface area contributed by atoms with Gasteiger partial charge in [-0.1, -0.05) is 18.2 Å². The third kappa shape index (κ3) is 6.83. The zero-order chi connectivity index (χ0) is 14.1. The highest BCUT2D eigenvalue weighted by atomic mass is 32.2. The Morgan fingerprint density at radius 3 is 2.58 bits per heavy atom. The number of benzene rings is 1. The maximum atomic E-state index is 11.4. The summed E-state index contributed by atoms with van der Waals surface area (Å²) in [5, 5.41) is 20.0. The number of carboxylic acid groups (broad SMARTS) is 1. The number of thioether (sulfide) groups is 1. The summed E-state index contributed by atoms with van der Waals surface area (Å²) in [6.07, 6.45) is -1.03. The highest BCUT2D eigenvalue weighted by molar-refractivity contribution is 7.99. The maximum Gasteiger partial charge on any atom is 0.332 e. The molecule has 0 saturated carbocycles. The zero-order valence-corrected chi connectivity index (χ0v) is 11.2. The number of hydrogen-bond donors (Lipinski definition) is 3. The number of nitrogens with one attached hydrogen (secondary N) is 1. The van der Waals surface area contributed by atoms with Gasteiger partial charge in [0.05, 0.1) is 0 Å². The van der Waals surface area contributed by atoms with Gasteiger partial charge in [0.1, 0.15) is 0 Å². The zero-order valence-electron chi connectivity index (χ0n) is 10.4. The quantitative estimate of drug-likeness (QED) is 0.622. The monoisotopic (exact) mass is 283 g/mol. The van der Waals surface area contributed by atoms with Crippen molar-refractivity contribution in [1.82, 2.24) is 5.32 Å². The van der Waals surface area contributed by atoms with Crippen molar-refractivity contribution in [2.75, 3.05) is 12.3 Å². The molecule has 1 rings (SSSR count). The molecule has 0 aromatic heterocycles. The van der Waals surface area contributed by atoms with Crippen LogP contribution in [0.15, 0.2) is 35.2 Å². The van der Waals surface area contributed by atoms with E-state index in [0.717, 1.165) is 4.90 Å². The van der Waals surface area contributed by atoms with Crippen molar-refractivity contribution in [2.24, 2.45) is 0 Å². The van der Waals surface area contributed by atoms with Crippen molar-refractivity contribution in [1.29, 1.82) is 0 Å². The lowest BCUT2D eigenvalue weighted by molar-refractivity contribution is -0.147. The Hall–Kier alpha value is -1.53. The molecule has 1 atom stereocenters. The van der Waals surface area contributed by atoms with Crippen molar-refractivity contribution in [2.45, 2.75) is 23.8 Å². The second kappa shape index (κ2) is 8.55. The molecule has 0 aliphatic carbocycles. The van der Waals surface area contributed by atoms with Crippen LogP contribution < -0.4 is 5.32 Å². The number of hydrogen-bond acceptors (Lipinski definition) is 4. The van der Waals surface area contributed by atoms with Crippen molar-refractivity contribution < 1.29 is 19.8 Å². The summed E-state index contributed by atoms with van der Waals surface area (Å²) in [7, 11) is 0. The molecule has 19 heavy (non-hydrogen) atoms. The average molecular weight is 283 g/mol. The van der Waals surface area contributed by atoms with E-state index in [1.165, 1.54) is 0 Å². The Balaban J connectivity index is 2.10. The molecular weight excluding hydrogens is 266 g/mol. The summed E-state index contributed by atoms with van der Waals surface area (Å²) in [6.45, 7) is 0.169. The molecular formula is C13H17NO4S. The van der Waals surface area contributed by atoms with E-state index in [4.69, 9.17) is 10.2 Å². The number of aliphatic carboxylic acids is 1. The summed E-state index contributed by atoms with van der Waals surface area (Å²) in [4.78, 5) is 22.9. The first kappa shape index (κ1) is 15.5. The Morgan fingerprint density at radius 1 is 1.26 bits per heavy atom. The molecule has 0 radical (unpaired) electrons. The van der Waals surface area contributed by atoms with Crippen LogP contribution in [-0.4, -0.2) is 40.5 Å². The number of carboxylic acids is 1. The highest BCUT2D eigenvalue weighted by Gasteiger charge is 2.12. The largest absolute Gasteiger partial charge is 0.479 e. The number of carbonyl (C=O) groups is 2. The minimum Gasteiger partial charge on any atom is -0.479 e. The van der Waals surface area contributed by atoms with Gasteiger partial charge in [0, 0.05) is 30.0 Å². The lowest BCUT2D eigenvalue weighted by Gasteiger charge is -2.07. The molecule has 0 spiro atoms. The molecule has 6 heteroatoms. The number of amides is 1. The van der Waals surface area contributed by atoms with Crippen LogP contribution in [0.2, 0.25) is 0 Å². The summed E-state index contributed by atoms with van der Waals surface area (Å²) in [5.74, 6) is -0.743. The van der Waals surface area contributed by atoms with E-state index in [-0.39, 0.29) is 18.9 Å². The van der Waals surface area contributed by atoms with E-state index in [2.05, 4.69) is 5.32 Å². The molecule has 0 heterocycles. The van der Waals surface area contributed by atoms with Gasteiger partial charge in [-0.3, -0.25) is 4.79 Å². The van der Waals surface area contributed by atoms with Gasteiger partial charge in [0.2, 0.25) is 5.91 Å². The fourth-order valence-electron chi connectivity index (χ4n) is 1.34. The predicted molar refractivity (Wildman–Crippen MR) is 73.1 cm³/mol. The van der Waals surface area contributed by atoms with Crippen LogP contribution in [0.3, 0.4) is 0 Å². The number of carbonyl (C=O) groups excluding carboxylic acids is 1. The van der Waals surface area contributed by atoms with Crippen LogP contribution in [0.4, 0.5) is 0 Å². The van der Waals surface area contributed by atoms with Crippen LogP contribution in [0.5, 0.6) is 0 Å². The first-order valence-electron chi connectivity index (χ1n) is 5.95. The topological polar surface area (TPSA) is 86.6 Å². The van der Waals surface area contributed by atoms with Gasteiger partial charge in [-0.25, -0.2) is 4.79 Å². The van der Waals surface area contributed by atoms with E-state index in [1.54, 1.807) is 11.8 Å². The van der Waals surface area contributed by atoms with E-state index >= 15 is 0 Å². The molecule has 1 amide bonds. The second-order valence-electron chi connectivity index (χ2n) is 3.90. The van der Waals surface area contributed by atoms with Crippen LogP contribution >= 0.6 is 11.8 Å². The van der Waals surface area contributed by atoms with Gasteiger partial charge in [-0.15, -0.1) is 11.8 Å². The minimum absolute atomic E-state index is 0.0207. The second-order valence-corrected chi connectivity index (χ2v) is 5.07. The fraction of sp³-hybridized carbons (Fsp3) is 0.385. The van der Waals surface area contributed by atoms with E-state index in [9.17, 15) is 9.59 Å². The minimum atomic E-state index is -1.42. The molecule has 0 fully saturated rings. The summed E-state index contributed by atoms with van der Waals surface area (Å²) >= 11 is 1.59. The first-order valence-corrected chi connectivity index (χ1v) is 6.93. The summed E-state index contributed by atoms with van der Waals surface area (Å²) in [6, 6.07) is 9.77. The van der Waals surface area contributed by atoms with E-state index < -0.39 is 12.1 Å². The van der Waals surface area contributed by atoms with E-state index in [0.29, 0.717) is 12.2 Å². The van der Waals surface area contributed by atoms with Crippen LogP contribution in [-0.2, 0) is 9.59 Å². The van der Waals surface area contributed by atoms with Gasteiger partial charge in [0.15, 0.2) is 6.10 Å². The molecule has 1 aromatic carbocycles. The predicted octanol–water partition coefficient (Wildman–Crippen LogP) is 1.12. The lowest BCUT2D eigenvalue weighted by Crippen LogP contribution is -2.30. The Labute approximate surface area is 116 Å². The Kier molecular flexibility index (Phi) is 6.99. The van der Waals surface area contributed by atoms with Crippen molar-refractivity contribution in [3.05, 3.63) is 30.3 Å². The standard InChI is InChI=1S/C13H17NO4S/c15-11(13(17)18)6-8-14-12(16)7-9-19-10-4-2-1-3-5-10/h1-5,11,15H,6-9H2,(H,14,16)(H,17,18). The number of aliphatic hydroxyl groups excluding tert-OH is 1. The van der Waals surface area contributed by atoms with Gasteiger partial charge in [-0.2, -0.15) is 0 Å². The number of aliphatic hydroxyl groups is 1. The Morgan fingerprint density at radius 2 is 1.95 bits per heavy atom. The summed E-state index contributed by atoms with van der Waals surface area (Å²) in [5.41, 5.74) is 0. The summed E-state index contributed by atoms with van der Waals surface area (Å²) < 4.78 is 0. The number of rotatable bonds is 8. The molecule has 104 valence electrons. The molecule has 0 aliphatic rings. The van der Waals surface area contributed by atoms with Crippen LogP contribution in [0, 0.1) is 0 Å². The molecule has 3 N–H and O–H groups in total. The molecule has 1 unspecified atom stereocenters.